The second-order valence-corrected chi connectivity index (χ2v) is 6.42. The van der Waals surface area contributed by atoms with Crippen LogP contribution in [-0.2, 0) is 0 Å². The fraction of sp³-hybridized carbons (Fsp3) is 0.250. The van der Waals surface area contributed by atoms with Crippen LogP contribution in [0.2, 0.25) is 0 Å². The summed E-state index contributed by atoms with van der Waals surface area (Å²) in [5.41, 5.74) is 1.29. The Hall–Kier alpha value is -3.19. The number of nitrogens with zero attached hydrogens (tertiary/aromatic N) is 3. The number of hydrogen-bond donors (Lipinski definition) is 2. The molecule has 0 unspecified atom stereocenters. The van der Waals surface area contributed by atoms with E-state index in [1.807, 2.05) is 68.4 Å². The summed E-state index contributed by atoms with van der Waals surface area (Å²) >= 11 is 0. The Morgan fingerprint density at radius 2 is 1.81 bits per heavy atom. The predicted molar refractivity (Wildman–Crippen MR) is 104 cm³/mol. The van der Waals surface area contributed by atoms with Gasteiger partial charge in [0.1, 0.15) is 11.5 Å². The van der Waals surface area contributed by atoms with Crippen molar-refractivity contribution in [1.82, 2.24) is 20.2 Å². The van der Waals surface area contributed by atoms with Crippen molar-refractivity contribution < 1.29 is 9.21 Å². The molecule has 1 atom stereocenters. The number of amides is 1. The molecule has 1 amide bonds. The van der Waals surface area contributed by atoms with Crippen molar-refractivity contribution in [3.05, 3.63) is 71.9 Å². The Kier molecular flexibility index (Phi) is 5.83. The third kappa shape index (κ3) is 4.92. The fourth-order valence-electron chi connectivity index (χ4n) is 2.62. The molecule has 0 saturated carbocycles. The van der Waals surface area contributed by atoms with Gasteiger partial charge < -0.3 is 15.1 Å². The lowest BCUT2D eigenvalue weighted by molar-refractivity contribution is 0.0938. The summed E-state index contributed by atoms with van der Waals surface area (Å²) in [5.74, 6) is 1.88. The maximum Gasteiger partial charge on any atom is 0.254 e. The van der Waals surface area contributed by atoms with Crippen molar-refractivity contribution in [2.75, 3.05) is 26.0 Å². The minimum atomic E-state index is -0.226. The number of aryl methyl sites for hydroxylation is 1. The molecule has 0 spiro atoms. The average Bonchev–Trinajstić information content (AvgIpc) is 3.09. The van der Waals surface area contributed by atoms with Crippen LogP contribution in [0.15, 0.2) is 59.3 Å². The van der Waals surface area contributed by atoms with Gasteiger partial charge in [-0.1, -0.05) is 18.2 Å². The lowest BCUT2D eigenvalue weighted by Gasteiger charge is -2.22. The number of benzene rings is 1. The molecule has 0 fully saturated rings. The molecule has 2 aromatic heterocycles. The molecule has 1 aromatic carbocycles. The smallest absolute Gasteiger partial charge is 0.254 e. The molecule has 0 aliphatic carbocycles. The molecule has 7 nitrogen and oxygen atoms in total. The summed E-state index contributed by atoms with van der Waals surface area (Å²) in [6, 6.07) is 13.4. The first-order valence-corrected chi connectivity index (χ1v) is 8.68. The van der Waals surface area contributed by atoms with Crippen LogP contribution in [-0.4, -0.2) is 41.4 Å². The van der Waals surface area contributed by atoms with E-state index in [4.69, 9.17) is 4.42 Å². The summed E-state index contributed by atoms with van der Waals surface area (Å²) < 4.78 is 5.69. The number of rotatable bonds is 7. The molecule has 0 aliphatic heterocycles. The predicted octanol–water partition coefficient (Wildman–Crippen LogP) is 3.15. The molecule has 0 radical (unpaired) electrons. The second kappa shape index (κ2) is 8.46. The Labute approximate surface area is 158 Å². The zero-order valence-corrected chi connectivity index (χ0v) is 15.6. The van der Waals surface area contributed by atoms with Gasteiger partial charge >= 0.3 is 0 Å². The van der Waals surface area contributed by atoms with E-state index >= 15 is 0 Å². The van der Waals surface area contributed by atoms with Gasteiger partial charge in [0.25, 0.3) is 5.91 Å². The fourth-order valence-corrected chi connectivity index (χ4v) is 2.62. The molecule has 27 heavy (non-hydrogen) atoms. The lowest BCUT2D eigenvalue weighted by atomic mass is 10.2. The monoisotopic (exact) mass is 365 g/mol. The van der Waals surface area contributed by atoms with Crippen LogP contribution in [0.5, 0.6) is 0 Å². The van der Waals surface area contributed by atoms with Crippen molar-refractivity contribution in [3.8, 4) is 0 Å². The quantitative estimate of drug-likeness (QED) is 0.669. The van der Waals surface area contributed by atoms with Crippen LogP contribution in [0.25, 0.3) is 0 Å². The minimum Gasteiger partial charge on any atom is -0.465 e. The standard InChI is InChI=1S/C20H23N5O2/c1-14-9-10-18(27-14)17(25(2)3)13-21-19(26)15-11-22-20(23-12-15)24-16-7-5-4-6-8-16/h4-12,17H,13H2,1-3H3,(H,21,26)(H,22,23,24)/t17-/m1/s1. The highest BCUT2D eigenvalue weighted by molar-refractivity contribution is 5.93. The number of carbonyl (C=O) groups is 1. The Bertz CT molecular complexity index is 875. The van der Waals surface area contributed by atoms with Gasteiger partial charge in [0, 0.05) is 24.6 Å². The van der Waals surface area contributed by atoms with E-state index in [2.05, 4.69) is 20.6 Å². The van der Waals surface area contributed by atoms with Gasteiger partial charge in [-0.3, -0.25) is 9.69 Å². The Balaban J connectivity index is 1.60. The molecule has 2 heterocycles. The van der Waals surface area contributed by atoms with Gasteiger partial charge in [-0.2, -0.15) is 0 Å². The number of nitrogens with one attached hydrogen (secondary N) is 2. The minimum absolute atomic E-state index is 0.0532. The molecule has 3 rings (SSSR count). The van der Waals surface area contributed by atoms with E-state index in [9.17, 15) is 4.79 Å². The Morgan fingerprint density at radius 3 is 2.41 bits per heavy atom. The van der Waals surface area contributed by atoms with Crippen molar-refractivity contribution >= 4 is 17.5 Å². The van der Waals surface area contributed by atoms with Gasteiger partial charge in [-0.05, 0) is 45.3 Å². The van der Waals surface area contributed by atoms with Gasteiger partial charge in [0.05, 0.1) is 11.6 Å². The average molecular weight is 365 g/mol. The molecule has 2 N–H and O–H groups in total. The van der Waals surface area contributed by atoms with Crippen molar-refractivity contribution in [2.24, 2.45) is 0 Å². The zero-order chi connectivity index (χ0) is 19.2. The van der Waals surface area contributed by atoms with Crippen molar-refractivity contribution in [2.45, 2.75) is 13.0 Å². The number of para-hydroxylation sites is 1. The van der Waals surface area contributed by atoms with Crippen molar-refractivity contribution in [3.63, 3.8) is 0 Å². The topological polar surface area (TPSA) is 83.3 Å². The van der Waals surface area contributed by atoms with Crippen molar-refractivity contribution in [1.29, 1.82) is 0 Å². The van der Waals surface area contributed by atoms with E-state index in [1.54, 1.807) is 0 Å². The van der Waals surface area contributed by atoms with Gasteiger partial charge in [-0.15, -0.1) is 0 Å². The summed E-state index contributed by atoms with van der Waals surface area (Å²) in [5, 5.41) is 6.00. The summed E-state index contributed by atoms with van der Waals surface area (Å²) in [6.07, 6.45) is 3.02. The van der Waals surface area contributed by atoms with Gasteiger partial charge in [0.2, 0.25) is 5.95 Å². The first-order valence-electron chi connectivity index (χ1n) is 8.68. The second-order valence-electron chi connectivity index (χ2n) is 6.42. The summed E-state index contributed by atoms with van der Waals surface area (Å²) in [7, 11) is 3.89. The number of carbonyl (C=O) groups excluding carboxylic acids is 1. The maximum absolute atomic E-state index is 12.4. The number of likely N-dealkylation sites (N-methyl/N-ethyl adjacent to an activating group) is 1. The molecule has 7 heteroatoms. The van der Waals surface area contributed by atoms with E-state index in [0.29, 0.717) is 18.1 Å². The van der Waals surface area contributed by atoms with Crippen LogP contribution >= 0.6 is 0 Å². The van der Waals surface area contributed by atoms with E-state index < -0.39 is 0 Å². The molecular formula is C20H23N5O2. The molecule has 0 saturated heterocycles. The van der Waals surface area contributed by atoms with E-state index in [0.717, 1.165) is 17.2 Å². The zero-order valence-electron chi connectivity index (χ0n) is 15.6. The summed E-state index contributed by atoms with van der Waals surface area (Å²) in [6.45, 7) is 2.32. The van der Waals surface area contributed by atoms with Crippen LogP contribution in [0.1, 0.15) is 27.9 Å². The SMILES string of the molecule is Cc1ccc([C@@H](CNC(=O)c2cnc(Nc3ccccc3)nc2)N(C)C)o1. The molecule has 3 aromatic rings. The van der Waals surface area contributed by atoms with Crippen LogP contribution in [0.4, 0.5) is 11.6 Å². The number of furan rings is 1. The number of anilines is 2. The largest absolute Gasteiger partial charge is 0.465 e. The van der Waals surface area contributed by atoms with Crippen LogP contribution < -0.4 is 10.6 Å². The van der Waals surface area contributed by atoms with E-state index in [1.165, 1.54) is 12.4 Å². The van der Waals surface area contributed by atoms with Crippen LogP contribution in [0.3, 0.4) is 0 Å². The van der Waals surface area contributed by atoms with Gasteiger partial charge in [-0.25, -0.2) is 9.97 Å². The first kappa shape index (κ1) is 18.6. The number of hydrogen-bond acceptors (Lipinski definition) is 6. The highest BCUT2D eigenvalue weighted by Gasteiger charge is 2.19. The lowest BCUT2D eigenvalue weighted by Crippen LogP contribution is -2.34. The third-order valence-electron chi connectivity index (χ3n) is 4.11. The molecule has 0 bridgehead atoms. The molecule has 0 aliphatic rings. The summed E-state index contributed by atoms with van der Waals surface area (Å²) in [4.78, 5) is 22.8. The first-order chi connectivity index (χ1) is 13.0. The highest BCUT2D eigenvalue weighted by atomic mass is 16.3. The highest BCUT2D eigenvalue weighted by Crippen LogP contribution is 2.20. The van der Waals surface area contributed by atoms with Crippen LogP contribution in [0, 0.1) is 6.92 Å². The van der Waals surface area contributed by atoms with E-state index in [-0.39, 0.29) is 11.9 Å². The molecule has 140 valence electrons. The normalized spacial score (nSPS) is 12.0. The third-order valence-corrected chi connectivity index (χ3v) is 4.11. The maximum atomic E-state index is 12.4. The van der Waals surface area contributed by atoms with Gasteiger partial charge in [0.15, 0.2) is 0 Å². The Morgan fingerprint density at radius 1 is 1.11 bits per heavy atom. The number of aromatic nitrogens is 2. The molecular weight excluding hydrogens is 342 g/mol.